The number of nitrogens with one attached hydrogen (secondary N) is 2. The van der Waals surface area contributed by atoms with E-state index in [0.29, 0.717) is 6.04 Å². The summed E-state index contributed by atoms with van der Waals surface area (Å²) in [5.74, 6) is 1.54. The highest BCUT2D eigenvalue weighted by atomic mass is 16.6. The summed E-state index contributed by atoms with van der Waals surface area (Å²) in [6.45, 7) is 13.3. The van der Waals surface area contributed by atoms with Crippen molar-refractivity contribution in [1.29, 1.82) is 0 Å². The van der Waals surface area contributed by atoms with E-state index in [0.717, 1.165) is 24.8 Å². The monoisotopic (exact) mass is 312 g/mol. The second kappa shape index (κ2) is 8.76. The minimum absolute atomic E-state index is 0.128. The van der Waals surface area contributed by atoms with Crippen molar-refractivity contribution in [2.24, 2.45) is 11.8 Å². The largest absolute Gasteiger partial charge is 0.444 e. The first-order valence-electron chi connectivity index (χ1n) is 8.92. The van der Waals surface area contributed by atoms with Gasteiger partial charge in [-0.2, -0.15) is 0 Å². The van der Waals surface area contributed by atoms with Crippen LogP contribution in [0.3, 0.4) is 0 Å². The van der Waals surface area contributed by atoms with E-state index in [1.54, 1.807) is 0 Å². The van der Waals surface area contributed by atoms with Gasteiger partial charge in [0.15, 0.2) is 0 Å². The Morgan fingerprint density at radius 1 is 1.18 bits per heavy atom. The van der Waals surface area contributed by atoms with Crippen LogP contribution in [0.2, 0.25) is 0 Å². The van der Waals surface area contributed by atoms with Crippen molar-refractivity contribution in [3.8, 4) is 0 Å². The molecule has 1 saturated carbocycles. The van der Waals surface area contributed by atoms with Gasteiger partial charge in [-0.15, -0.1) is 0 Å². The van der Waals surface area contributed by atoms with Crippen LogP contribution in [-0.4, -0.2) is 30.3 Å². The van der Waals surface area contributed by atoms with Crippen molar-refractivity contribution in [3.05, 3.63) is 0 Å². The van der Waals surface area contributed by atoms with Crippen LogP contribution in [0, 0.1) is 11.8 Å². The Labute approximate surface area is 136 Å². The average Bonchev–Trinajstić information content (AvgIpc) is 2.36. The van der Waals surface area contributed by atoms with Crippen LogP contribution in [0.4, 0.5) is 4.79 Å². The molecule has 4 nitrogen and oxygen atoms in total. The van der Waals surface area contributed by atoms with Gasteiger partial charge in [0.2, 0.25) is 0 Å². The molecule has 3 atom stereocenters. The van der Waals surface area contributed by atoms with Crippen molar-refractivity contribution in [1.82, 2.24) is 10.6 Å². The zero-order valence-corrected chi connectivity index (χ0v) is 15.4. The van der Waals surface area contributed by atoms with Gasteiger partial charge >= 0.3 is 6.09 Å². The Balaban J connectivity index is 2.26. The minimum Gasteiger partial charge on any atom is -0.444 e. The van der Waals surface area contributed by atoms with Crippen LogP contribution in [0.5, 0.6) is 0 Å². The average molecular weight is 312 g/mol. The highest BCUT2D eigenvalue weighted by molar-refractivity contribution is 5.67. The maximum atomic E-state index is 11.7. The van der Waals surface area contributed by atoms with Crippen LogP contribution in [0.15, 0.2) is 0 Å². The molecule has 0 bridgehead atoms. The normalized spacial score (nSPS) is 24.1. The van der Waals surface area contributed by atoms with E-state index < -0.39 is 5.60 Å². The maximum absolute atomic E-state index is 11.7. The minimum atomic E-state index is -0.436. The van der Waals surface area contributed by atoms with Gasteiger partial charge in [0.05, 0.1) is 0 Å². The van der Waals surface area contributed by atoms with Gasteiger partial charge in [0, 0.05) is 12.1 Å². The van der Waals surface area contributed by atoms with Crippen LogP contribution < -0.4 is 10.6 Å². The molecule has 0 heterocycles. The zero-order valence-electron chi connectivity index (χ0n) is 15.4. The molecule has 1 aliphatic rings. The fraction of sp³-hybridized carbons (Fsp3) is 0.944. The molecular weight excluding hydrogens is 276 g/mol. The Morgan fingerprint density at radius 3 is 2.41 bits per heavy atom. The molecule has 2 N–H and O–H groups in total. The molecular formula is C18H36N2O2. The SMILES string of the molecule is CC(CCNC1CCCCC1C(C)C)NC(=O)OC(C)(C)C. The Kier molecular flexibility index (Phi) is 7.67. The molecule has 0 aromatic heterocycles. The smallest absolute Gasteiger partial charge is 0.407 e. The van der Waals surface area contributed by atoms with Crippen molar-refractivity contribution < 1.29 is 9.53 Å². The molecule has 3 unspecified atom stereocenters. The number of carbonyl (C=O) groups excluding carboxylic acids is 1. The number of ether oxygens (including phenoxy) is 1. The van der Waals surface area contributed by atoms with E-state index >= 15 is 0 Å². The topological polar surface area (TPSA) is 50.4 Å². The first-order valence-corrected chi connectivity index (χ1v) is 8.92. The summed E-state index contributed by atoms with van der Waals surface area (Å²) in [4.78, 5) is 11.7. The van der Waals surface area contributed by atoms with Gasteiger partial charge in [0.1, 0.15) is 5.60 Å². The van der Waals surface area contributed by atoms with E-state index in [1.807, 2.05) is 27.7 Å². The second-order valence-electron chi connectivity index (χ2n) is 8.09. The molecule has 1 rings (SSSR count). The number of amides is 1. The standard InChI is InChI=1S/C18H36N2O2/c1-13(2)15-9-7-8-10-16(15)19-12-11-14(3)20-17(21)22-18(4,5)6/h13-16,19H,7-12H2,1-6H3,(H,20,21). The number of rotatable bonds is 6. The van der Waals surface area contributed by atoms with Crippen molar-refractivity contribution >= 4 is 6.09 Å². The van der Waals surface area contributed by atoms with E-state index in [-0.39, 0.29) is 12.1 Å². The van der Waals surface area contributed by atoms with Gasteiger partial charge < -0.3 is 15.4 Å². The lowest BCUT2D eigenvalue weighted by Crippen LogP contribution is -2.43. The third-order valence-electron chi connectivity index (χ3n) is 4.42. The van der Waals surface area contributed by atoms with Gasteiger partial charge in [-0.25, -0.2) is 4.79 Å². The van der Waals surface area contributed by atoms with E-state index in [9.17, 15) is 4.79 Å². The first-order chi connectivity index (χ1) is 10.2. The van der Waals surface area contributed by atoms with Gasteiger partial charge in [0.25, 0.3) is 0 Å². The Bertz CT molecular complexity index is 336. The molecule has 1 aliphatic carbocycles. The summed E-state index contributed by atoms with van der Waals surface area (Å²) in [5.41, 5.74) is -0.436. The third-order valence-corrected chi connectivity index (χ3v) is 4.42. The van der Waals surface area contributed by atoms with Crippen molar-refractivity contribution in [2.75, 3.05) is 6.54 Å². The molecule has 130 valence electrons. The van der Waals surface area contributed by atoms with Crippen LogP contribution >= 0.6 is 0 Å². The number of hydrogen-bond donors (Lipinski definition) is 2. The van der Waals surface area contributed by atoms with Gasteiger partial charge in [-0.05, 0) is 65.3 Å². The predicted molar refractivity (Wildman–Crippen MR) is 92.0 cm³/mol. The summed E-state index contributed by atoms with van der Waals surface area (Å²) in [7, 11) is 0. The summed E-state index contributed by atoms with van der Waals surface area (Å²) < 4.78 is 5.28. The summed E-state index contributed by atoms with van der Waals surface area (Å²) >= 11 is 0. The molecule has 22 heavy (non-hydrogen) atoms. The second-order valence-corrected chi connectivity index (χ2v) is 8.09. The highest BCUT2D eigenvalue weighted by Gasteiger charge is 2.27. The molecule has 0 aliphatic heterocycles. The van der Waals surface area contributed by atoms with Crippen molar-refractivity contribution in [2.45, 2.75) is 91.3 Å². The van der Waals surface area contributed by atoms with Gasteiger partial charge in [-0.3, -0.25) is 0 Å². The van der Waals surface area contributed by atoms with E-state index in [4.69, 9.17) is 4.74 Å². The maximum Gasteiger partial charge on any atom is 0.407 e. The summed E-state index contributed by atoms with van der Waals surface area (Å²) in [5, 5.41) is 6.62. The number of alkyl carbamates (subject to hydrolysis) is 1. The first kappa shape index (κ1) is 19.3. The Morgan fingerprint density at radius 2 is 1.82 bits per heavy atom. The fourth-order valence-corrected chi connectivity index (χ4v) is 3.28. The summed E-state index contributed by atoms with van der Waals surface area (Å²) in [6, 6.07) is 0.769. The van der Waals surface area contributed by atoms with Crippen LogP contribution in [-0.2, 0) is 4.74 Å². The lowest BCUT2D eigenvalue weighted by Gasteiger charge is -2.35. The molecule has 4 heteroatoms. The molecule has 0 aromatic rings. The lowest BCUT2D eigenvalue weighted by atomic mass is 9.78. The Hall–Kier alpha value is -0.770. The summed E-state index contributed by atoms with van der Waals surface area (Å²) in [6.07, 6.45) is 5.96. The zero-order chi connectivity index (χ0) is 16.8. The predicted octanol–water partition coefficient (Wildman–Crippen LogP) is 4.09. The number of hydrogen-bond acceptors (Lipinski definition) is 3. The molecule has 1 fully saturated rings. The van der Waals surface area contributed by atoms with E-state index in [1.165, 1.54) is 25.7 Å². The van der Waals surface area contributed by atoms with E-state index in [2.05, 4.69) is 24.5 Å². The number of carbonyl (C=O) groups is 1. The van der Waals surface area contributed by atoms with Crippen LogP contribution in [0.25, 0.3) is 0 Å². The lowest BCUT2D eigenvalue weighted by molar-refractivity contribution is 0.0506. The highest BCUT2D eigenvalue weighted by Crippen LogP contribution is 2.30. The van der Waals surface area contributed by atoms with Crippen molar-refractivity contribution in [3.63, 3.8) is 0 Å². The third kappa shape index (κ3) is 7.48. The molecule has 1 amide bonds. The van der Waals surface area contributed by atoms with Crippen LogP contribution in [0.1, 0.15) is 73.6 Å². The molecule has 0 spiro atoms. The fourth-order valence-electron chi connectivity index (χ4n) is 3.28. The van der Waals surface area contributed by atoms with Gasteiger partial charge in [-0.1, -0.05) is 26.7 Å². The quantitative estimate of drug-likeness (QED) is 0.776. The molecule has 0 radical (unpaired) electrons. The molecule has 0 saturated heterocycles. The molecule has 0 aromatic carbocycles.